The Bertz CT molecular complexity index is 1170. The highest BCUT2D eigenvalue weighted by Crippen LogP contribution is 2.45. The topological polar surface area (TPSA) is 67.9 Å². The predicted molar refractivity (Wildman–Crippen MR) is 131 cm³/mol. The van der Waals surface area contributed by atoms with Crippen LogP contribution < -0.4 is 10.1 Å². The number of methoxy groups -OCH3 is 2. The molecule has 6 nitrogen and oxygen atoms in total. The van der Waals surface area contributed by atoms with Crippen molar-refractivity contribution in [1.29, 1.82) is 0 Å². The molecule has 1 aliphatic rings. The van der Waals surface area contributed by atoms with E-state index in [1.54, 1.807) is 30.2 Å². The molecule has 1 aromatic heterocycles. The number of halogens is 1. The summed E-state index contributed by atoms with van der Waals surface area (Å²) < 4.78 is 10.7. The fourth-order valence-corrected chi connectivity index (χ4v) is 5.25. The maximum Gasteiger partial charge on any atom is 0.254 e. The molecular weight excluding hydrogens is 460 g/mol. The summed E-state index contributed by atoms with van der Waals surface area (Å²) in [6.07, 6.45) is 0. The standard InChI is InChI=1S/C25H25ClN2O4S/c1-15-13-19(20(32-3)14-18(15)26)27-24(29)22-16-7-4-5-8-17(16)25(30)28(10-11-31-2)23(22)21-9-6-12-33-21/h4-9,12-14,22-23H,10-11H2,1-3H3,(H,27,29)/t22-,23+/m1/s1. The van der Waals surface area contributed by atoms with Gasteiger partial charge in [0.2, 0.25) is 5.91 Å². The summed E-state index contributed by atoms with van der Waals surface area (Å²) in [6.45, 7) is 2.61. The van der Waals surface area contributed by atoms with Gasteiger partial charge in [0.15, 0.2) is 0 Å². The first-order valence-electron chi connectivity index (χ1n) is 10.5. The van der Waals surface area contributed by atoms with Crippen molar-refractivity contribution in [3.05, 3.63) is 80.5 Å². The fraction of sp³-hybridized carbons (Fsp3) is 0.280. The van der Waals surface area contributed by atoms with Gasteiger partial charge in [-0.2, -0.15) is 0 Å². The molecule has 0 radical (unpaired) electrons. The van der Waals surface area contributed by atoms with Crippen molar-refractivity contribution in [2.75, 3.05) is 32.7 Å². The van der Waals surface area contributed by atoms with E-state index in [2.05, 4.69) is 5.32 Å². The van der Waals surface area contributed by atoms with Crippen LogP contribution in [-0.4, -0.2) is 44.1 Å². The van der Waals surface area contributed by atoms with Crippen LogP contribution in [0.25, 0.3) is 0 Å². The van der Waals surface area contributed by atoms with Crippen LogP contribution in [0, 0.1) is 6.92 Å². The third kappa shape index (κ3) is 4.49. The van der Waals surface area contributed by atoms with Crippen LogP contribution in [0.1, 0.15) is 38.3 Å². The van der Waals surface area contributed by atoms with Gasteiger partial charge in [-0.05, 0) is 41.6 Å². The van der Waals surface area contributed by atoms with E-state index in [9.17, 15) is 9.59 Å². The van der Waals surface area contributed by atoms with Crippen LogP contribution in [-0.2, 0) is 9.53 Å². The quantitative estimate of drug-likeness (QED) is 0.495. The number of nitrogens with zero attached hydrogens (tertiary/aromatic N) is 1. The lowest BCUT2D eigenvalue weighted by Gasteiger charge is -2.41. The summed E-state index contributed by atoms with van der Waals surface area (Å²) in [5.41, 5.74) is 2.59. The number of amides is 2. The first-order valence-corrected chi connectivity index (χ1v) is 11.8. The molecule has 2 aromatic carbocycles. The number of rotatable bonds is 7. The van der Waals surface area contributed by atoms with Crippen molar-refractivity contribution in [3.63, 3.8) is 0 Å². The number of hydrogen-bond donors (Lipinski definition) is 1. The second kappa shape index (κ2) is 9.95. The molecule has 2 amide bonds. The van der Waals surface area contributed by atoms with Crippen molar-refractivity contribution in [3.8, 4) is 5.75 Å². The van der Waals surface area contributed by atoms with Gasteiger partial charge in [-0.1, -0.05) is 35.9 Å². The molecule has 0 fully saturated rings. The summed E-state index contributed by atoms with van der Waals surface area (Å²) in [7, 11) is 3.13. The molecule has 3 aromatic rings. The van der Waals surface area contributed by atoms with Crippen LogP contribution in [0.5, 0.6) is 5.75 Å². The van der Waals surface area contributed by atoms with Crippen LogP contribution in [0.2, 0.25) is 5.02 Å². The number of thiophene rings is 1. The molecule has 0 bridgehead atoms. The SMILES string of the molecule is COCCN1C(=O)c2ccccc2[C@@H](C(=O)Nc2cc(C)c(Cl)cc2OC)[C@@H]1c1cccs1. The molecular formula is C25H25ClN2O4S. The third-order valence-corrected chi connectivity index (χ3v) is 7.18. The number of aryl methyl sites for hydroxylation is 1. The van der Waals surface area contributed by atoms with E-state index in [-0.39, 0.29) is 11.8 Å². The minimum atomic E-state index is -0.616. The molecule has 2 atom stereocenters. The number of nitrogens with one attached hydrogen (secondary N) is 1. The van der Waals surface area contributed by atoms with Crippen LogP contribution >= 0.6 is 22.9 Å². The van der Waals surface area contributed by atoms with E-state index in [0.717, 1.165) is 10.4 Å². The Morgan fingerprint density at radius 1 is 1.18 bits per heavy atom. The predicted octanol–water partition coefficient (Wildman–Crippen LogP) is 5.28. The van der Waals surface area contributed by atoms with E-state index in [1.807, 2.05) is 42.6 Å². The van der Waals surface area contributed by atoms with Gasteiger partial charge >= 0.3 is 0 Å². The van der Waals surface area contributed by atoms with E-state index < -0.39 is 12.0 Å². The molecule has 4 rings (SSSR count). The molecule has 172 valence electrons. The monoisotopic (exact) mass is 484 g/mol. The summed E-state index contributed by atoms with van der Waals surface area (Å²) in [5, 5.41) is 5.55. The summed E-state index contributed by atoms with van der Waals surface area (Å²) in [5.74, 6) is -0.473. The Labute approximate surface area is 202 Å². The lowest BCUT2D eigenvalue weighted by Crippen LogP contribution is -2.47. The van der Waals surface area contributed by atoms with Crippen LogP contribution in [0.4, 0.5) is 5.69 Å². The van der Waals surface area contributed by atoms with E-state index in [0.29, 0.717) is 40.7 Å². The van der Waals surface area contributed by atoms with Crippen molar-refractivity contribution >= 4 is 40.4 Å². The second-order valence-corrected chi connectivity index (χ2v) is 9.19. The van der Waals surface area contributed by atoms with Gasteiger partial charge < -0.3 is 19.7 Å². The Balaban J connectivity index is 1.81. The second-order valence-electron chi connectivity index (χ2n) is 7.81. The molecule has 8 heteroatoms. The Kier molecular flexibility index (Phi) is 7.02. The summed E-state index contributed by atoms with van der Waals surface area (Å²) in [4.78, 5) is 30.0. The fourth-order valence-electron chi connectivity index (χ4n) is 4.23. The number of benzene rings is 2. The van der Waals surface area contributed by atoms with Crippen LogP contribution in [0.3, 0.4) is 0 Å². The van der Waals surface area contributed by atoms with E-state index in [1.165, 1.54) is 18.4 Å². The Morgan fingerprint density at radius 2 is 1.97 bits per heavy atom. The van der Waals surface area contributed by atoms with Gasteiger partial charge in [0, 0.05) is 35.2 Å². The third-order valence-electron chi connectivity index (χ3n) is 5.83. The van der Waals surface area contributed by atoms with Crippen molar-refractivity contribution < 1.29 is 19.1 Å². The van der Waals surface area contributed by atoms with E-state index >= 15 is 0 Å². The Hall–Kier alpha value is -2.87. The molecule has 33 heavy (non-hydrogen) atoms. The number of anilines is 1. The number of ether oxygens (including phenoxy) is 2. The van der Waals surface area contributed by atoms with Crippen molar-refractivity contribution in [2.45, 2.75) is 18.9 Å². The van der Waals surface area contributed by atoms with Crippen LogP contribution in [0.15, 0.2) is 53.9 Å². The zero-order chi connectivity index (χ0) is 23.5. The molecule has 0 aliphatic carbocycles. The summed E-state index contributed by atoms with van der Waals surface area (Å²) >= 11 is 7.77. The molecule has 0 spiro atoms. The largest absolute Gasteiger partial charge is 0.495 e. The zero-order valence-corrected chi connectivity index (χ0v) is 20.2. The van der Waals surface area contributed by atoms with Crippen molar-refractivity contribution in [1.82, 2.24) is 4.90 Å². The van der Waals surface area contributed by atoms with Gasteiger partial charge in [0.1, 0.15) is 5.75 Å². The Morgan fingerprint density at radius 3 is 2.67 bits per heavy atom. The van der Waals surface area contributed by atoms with Gasteiger partial charge in [-0.25, -0.2) is 0 Å². The maximum absolute atomic E-state index is 13.9. The molecule has 1 aliphatic heterocycles. The smallest absolute Gasteiger partial charge is 0.254 e. The molecule has 2 heterocycles. The minimum Gasteiger partial charge on any atom is -0.495 e. The first-order chi connectivity index (χ1) is 16.0. The maximum atomic E-state index is 13.9. The average molecular weight is 485 g/mol. The molecule has 0 saturated carbocycles. The highest BCUT2D eigenvalue weighted by atomic mass is 35.5. The lowest BCUT2D eigenvalue weighted by atomic mass is 9.81. The van der Waals surface area contributed by atoms with Gasteiger partial charge in [0.25, 0.3) is 5.91 Å². The molecule has 1 N–H and O–H groups in total. The summed E-state index contributed by atoms with van der Waals surface area (Å²) in [6, 6.07) is 14.2. The van der Waals surface area contributed by atoms with Gasteiger partial charge in [0.05, 0.1) is 31.4 Å². The highest BCUT2D eigenvalue weighted by molar-refractivity contribution is 7.10. The molecule has 0 saturated heterocycles. The number of carbonyl (C=O) groups excluding carboxylic acids is 2. The zero-order valence-electron chi connectivity index (χ0n) is 18.6. The van der Waals surface area contributed by atoms with Crippen molar-refractivity contribution in [2.24, 2.45) is 0 Å². The highest BCUT2D eigenvalue weighted by Gasteiger charge is 2.44. The normalized spacial score (nSPS) is 17.6. The minimum absolute atomic E-state index is 0.106. The number of carbonyl (C=O) groups is 2. The van der Waals surface area contributed by atoms with Gasteiger partial charge in [-0.15, -0.1) is 11.3 Å². The average Bonchev–Trinajstić information content (AvgIpc) is 3.35. The number of fused-ring (bicyclic) bond motifs is 1. The number of hydrogen-bond acceptors (Lipinski definition) is 5. The van der Waals surface area contributed by atoms with E-state index in [4.69, 9.17) is 21.1 Å². The molecule has 0 unspecified atom stereocenters. The lowest BCUT2D eigenvalue weighted by molar-refractivity contribution is -0.119. The first kappa shape index (κ1) is 23.3. The van der Waals surface area contributed by atoms with Gasteiger partial charge in [-0.3, -0.25) is 9.59 Å².